The Kier molecular flexibility index (Phi) is 9.46. The molecule has 12 heteroatoms. The van der Waals surface area contributed by atoms with Crippen molar-refractivity contribution in [2.45, 2.75) is 75.2 Å². The van der Waals surface area contributed by atoms with Crippen LogP contribution in [0.3, 0.4) is 0 Å². The number of carbonyl (C=O) groups excluding carboxylic acids is 1. The highest BCUT2D eigenvalue weighted by molar-refractivity contribution is 7.89. The van der Waals surface area contributed by atoms with Gasteiger partial charge in [0, 0.05) is 50.2 Å². The largest absolute Gasteiger partial charge is 0.379 e. The number of nitrogens with zero attached hydrogens (tertiary/aromatic N) is 3. The maximum absolute atomic E-state index is 13.9. The summed E-state index contributed by atoms with van der Waals surface area (Å²) < 4.78 is 42.8. The van der Waals surface area contributed by atoms with Crippen molar-refractivity contribution in [2.75, 3.05) is 39.5 Å². The third-order valence-electron chi connectivity index (χ3n) is 8.35. The van der Waals surface area contributed by atoms with Gasteiger partial charge in [-0.2, -0.15) is 4.31 Å². The molecule has 3 aliphatic rings. The fourth-order valence-electron chi connectivity index (χ4n) is 6.08. The molecule has 2 aromatic rings. The number of nitrogens with one attached hydrogen (secondary N) is 1. The van der Waals surface area contributed by atoms with Gasteiger partial charge in [-0.3, -0.25) is 9.69 Å². The topological polar surface area (TPSA) is 93.1 Å². The molecule has 1 aromatic carbocycles. The average Bonchev–Trinajstić information content (AvgIpc) is 3.43. The Morgan fingerprint density at radius 3 is 2.70 bits per heavy atom. The van der Waals surface area contributed by atoms with E-state index < -0.39 is 22.2 Å². The molecule has 0 radical (unpaired) electrons. The molecule has 1 saturated carbocycles. The Morgan fingerprint density at radius 1 is 1.15 bits per heavy atom. The second-order valence-corrected chi connectivity index (χ2v) is 13.5. The van der Waals surface area contributed by atoms with Crippen LogP contribution in [0.1, 0.15) is 49.9 Å². The zero-order valence-corrected chi connectivity index (χ0v) is 25.3. The predicted molar refractivity (Wildman–Crippen MR) is 154 cm³/mol. The van der Waals surface area contributed by atoms with Crippen molar-refractivity contribution in [3.8, 4) is 0 Å². The van der Waals surface area contributed by atoms with Crippen molar-refractivity contribution in [2.24, 2.45) is 0 Å². The molecule has 1 saturated heterocycles. The molecule has 4 unspecified atom stereocenters. The normalized spacial score (nSPS) is 25.4. The van der Waals surface area contributed by atoms with E-state index in [1.54, 1.807) is 26.0 Å². The number of rotatable bonds is 8. The van der Waals surface area contributed by atoms with Gasteiger partial charge in [0.25, 0.3) is 0 Å². The Bertz CT molecular complexity index is 1310. The summed E-state index contributed by atoms with van der Waals surface area (Å²) >= 11 is 12.8. The van der Waals surface area contributed by atoms with Gasteiger partial charge in [0.15, 0.2) is 0 Å². The Morgan fingerprint density at radius 2 is 1.93 bits per heavy atom. The first-order chi connectivity index (χ1) is 19.2. The number of hydrogen-bond acceptors (Lipinski definition) is 6. The van der Waals surface area contributed by atoms with Crippen LogP contribution in [-0.2, 0) is 30.8 Å². The fourth-order valence-corrected chi connectivity index (χ4v) is 8.80. The number of fused-ring (bicyclic) bond motifs is 1. The number of hydrogen-bond donors (Lipinski definition) is 1. The van der Waals surface area contributed by atoms with Gasteiger partial charge in [0.05, 0.1) is 35.9 Å². The maximum Gasteiger partial charge on any atom is 0.249 e. The number of carbonyl (C=O) groups is 1. The van der Waals surface area contributed by atoms with Gasteiger partial charge in [-0.15, -0.1) is 0 Å². The lowest BCUT2D eigenvalue weighted by atomic mass is 9.89. The van der Waals surface area contributed by atoms with Gasteiger partial charge >= 0.3 is 0 Å². The maximum atomic E-state index is 13.9. The van der Waals surface area contributed by atoms with Gasteiger partial charge in [0.2, 0.25) is 15.9 Å². The van der Waals surface area contributed by atoms with Crippen molar-refractivity contribution in [3.05, 3.63) is 51.8 Å². The fraction of sp³-hybridized carbons (Fsp3) is 0.607. The van der Waals surface area contributed by atoms with E-state index in [0.29, 0.717) is 18.2 Å². The van der Waals surface area contributed by atoms with Gasteiger partial charge in [-0.05, 0) is 63.3 Å². The number of aryl methyl sites for hydroxylation is 1. The van der Waals surface area contributed by atoms with Crippen molar-refractivity contribution in [1.29, 1.82) is 0 Å². The van der Waals surface area contributed by atoms with Crippen molar-refractivity contribution >= 4 is 39.1 Å². The third kappa shape index (κ3) is 6.23. The molecule has 9 nitrogen and oxygen atoms in total. The summed E-state index contributed by atoms with van der Waals surface area (Å²) in [6.45, 7) is 7.59. The highest BCUT2D eigenvalue weighted by atomic mass is 35.5. The second-order valence-electron chi connectivity index (χ2n) is 10.9. The first kappa shape index (κ1) is 29.8. The van der Waals surface area contributed by atoms with Crippen LogP contribution in [0.25, 0.3) is 0 Å². The summed E-state index contributed by atoms with van der Waals surface area (Å²) in [5.74, 6) is -0.182. The van der Waals surface area contributed by atoms with Crippen molar-refractivity contribution in [3.63, 3.8) is 0 Å². The molecule has 220 valence electrons. The minimum atomic E-state index is -4.06. The second kappa shape index (κ2) is 12.7. The minimum absolute atomic E-state index is 0.0138. The number of sulfonamides is 1. The predicted octanol–water partition coefficient (Wildman–Crippen LogP) is 4.01. The summed E-state index contributed by atoms with van der Waals surface area (Å²) in [6, 6.07) is 6.92. The van der Waals surface area contributed by atoms with Crippen molar-refractivity contribution in [1.82, 2.24) is 19.1 Å². The molecule has 0 bridgehead atoms. The smallest absolute Gasteiger partial charge is 0.249 e. The first-order valence-corrected chi connectivity index (χ1v) is 16.2. The minimum Gasteiger partial charge on any atom is -0.379 e. The van der Waals surface area contributed by atoms with E-state index in [9.17, 15) is 13.2 Å². The summed E-state index contributed by atoms with van der Waals surface area (Å²) in [7, 11) is -4.06. The van der Waals surface area contributed by atoms with E-state index in [1.807, 2.05) is 22.9 Å². The van der Waals surface area contributed by atoms with Gasteiger partial charge < -0.3 is 19.4 Å². The molecule has 1 aromatic heterocycles. The van der Waals surface area contributed by atoms with Crippen LogP contribution in [0.15, 0.2) is 35.4 Å². The Balaban J connectivity index is 1.27. The van der Waals surface area contributed by atoms with E-state index >= 15 is 0 Å². The van der Waals surface area contributed by atoms with Gasteiger partial charge in [-0.25, -0.2) is 8.42 Å². The standard InChI is InChI=1S/C28H38Cl2N4O5S/c1-19-8-9-23(29)27(26(19)30)40(36,37)34-12-11-33-10-4-7-24(33)25(34)18-39-20(2)28(35)31-21-5-3-6-22(17-21)32-13-15-38-16-14-32/h4,7-10,20-22,25H,3,5-6,11-18H2,1-2H3,(H,31,35). The van der Waals surface area contributed by atoms with Crippen LogP contribution in [0.5, 0.6) is 0 Å². The van der Waals surface area contributed by atoms with Gasteiger partial charge in [0.1, 0.15) is 11.0 Å². The lowest BCUT2D eigenvalue weighted by Gasteiger charge is -2.39. The van der Waals surface area contributed by atoms with Gasteiger partial charge in [-0.1, -0.05) is 29.3 Å². The molecule has 5 rings (SSSR count). The average molecular weight is 614 g/mol. The molecular weight excluding hydrogens is 575 g/mol. The van der Waals surface area contributed by atoms with E-state index in [4.69, 9.17) is 32.7 Å². The quantitative estimate of drug-likeness (QED) is 0.484. The van der Waals surface area contributed by atoms with E-state index in [-0.39, 0.29) is 40.0 Å². The number of benzene rings is 1. The lowest BCUT2D eigenvalue weighted by Crippen LogP contribution is -2.51. The third-order valence-corrected chi connectivity index (χ3v) is 11.4. The van der Waals surface area contributed by atoms with Crippen LogP contribution >= 0.6 is 23.2 Å². The summed E-state index contributed by atoms with van der Waals surface area (Å²) in [5, 5.41) is 3.37. The molecular formula is C28H38Cl2N4O5S. The molecule has 0 spiro atoms. The van der Waals surface area contributed by atoms with Crippen LogP contribution in [0, 0.1) is 6.92 Å². The highest BCUT2D eigenvalue weighted by Crippen LogP contribution is 2.38. The Labute approximate surface area is 246 Å². The van der Waals surface area contributed by atoms with Crippen molar-refractivity contribution < 1.29 is 22.7 Å². The lowest BCUT2D eigenvalue weighted by molar-refractivity contribution is -0.133. The zero-order valence-electron chi connectivity index (χ0n) is 23.0. The number of ether oxygens (including phenoxy) is 2. The molecule has 40 heavy (non-hydrogen) atoms. The first-order valence-electron chi connectivity index (χ1n) is 14.0. The van der Waals surface area contributed by atoms with E-state index in [0.717, 1.165) is 57.7 Å². The molecule has 1 N–H and O–H groups in total. The highest BCUT2D eigenvalue weighted by Gasteiger charge is 2.40. The zero-order chi connectivity index (χ0) is 28.4. The number of halogens is 2. The summed E-state index contributed by atoms with van der Waals surface area (Å²) in [5.41, 5.74) is 1.42. The monoisotopic (exact) mass is 612 g/mol. The van der Waals surface area contributed by atoms with E-state index in [1.165, 1.54) is 4.31 Å². The SMILES string of the molecule is Cc1ccc(Cl)c(S(=O)(=O)N2CCn3cccc3C2COC(C)C(=O)NC2CCCC(N3CCOCC3)C2)c1Cl. The number of morpholine rings is 1. The molecule has 2 fully saturated rings. The number of amides is 1. The molecule has 2 aliphatic heterocycles. The van der Waals surface area contributed by atoms with Crippen LogP contribution in [0.4, 0.5) is 0 Å². The summed E-state index contributed by atoms with van der Waals surface area (Å²) in [4.78, 5) is 15.5. The number of aromatic nitrogens is 1. The van der Waals surface area contributed by atoms with Crippen LogP contribution in [0.2, 0.25) is 10.0 Å². The Hall–Kier alpha value is -1.66. The van der Waals surface area contributed by atoms with Crippen LogP contribution in [-0.4, -0.2) is 85.7 Å². The van der Waals surface area contributed by atoms with E-state index in [2.05, 4.69) is 10.2 Å². The molecule has 4 atom stereocenters. The van der Waals surface area contributed by atoms with Crippen LogP contribution < -0.4 is 5.32 Å². The molecule has 1 amide bonds. The molecule has 1 aliphatic carbocycles. The molecule has 3 heterocycles. The summed E-state index contributed by atoms with van der Waals surface area (Å²) in [6.07, 6.45) is 5.24.